The second kappa shape index (κ2) is 6.93. The molecule has 0 bridgehead atoms. The van der Waals surface area contributed by atoms with Gasteiger partial charge in [-0.05, 0) is 50.4 Å². The molecule has 4 rings (SSSR count). The number of likely N-dealkylation sites (N-methyl/N-ethyl adjacent to an activating group) is 1. The van der Waals surface area contributed by atoms with Gasteiger partial charge in [0.2, 0.25) is 0 Å². The van der Waals surface area contributed by atoms with Crippen LogP contribution < -0.4 is 0 Å². The van der Waals surface area contributed by atoms with E-state index in [1.54, 1.807) is 0 Å². The molecular formula is C21H21N5O. The van der Waals surface area contributed by atoms with Crippen molar-refractivity contribution >= 4 is 10.9 Å². The molecule has 1 aliphatic heterocycles. The summed E-state index contributed by atoms with van der Waals surface area (Å²) in [7, 11) is 2.16. The van der Waals surface area contributed by atoms with Gasteiger partial charge in [-0.2, -0.15) is 5.26 Å². The summed E-state index contributed by atoms with van der Waals surface area (Å²) in [6.45, 7) is 4.14. The van der Waals surface area contributed by atoms with Crippen molar-refractivity contribution in [2.75, 3.05) is 20.1 Å². The molecule has 1 unspecified atom stereocenters. The molecule has 1 aliphatic rings. The zero-order chi connectivity index (χ0) is 19.0. The first-order valence-corrected chi connectivity index (χ1v) is 9.12. The fourth-order valence-electron chi connectivity index (χ4n) is 3.95. The topological polar surface area (TPSA) is 85.9 Å². The van der Waals surface area contributed by atoms with Crippen LogP contribution in [-0.4, -0.2) is 45.3 Å². The molecule has 0 radical (unpaired) electrons. The van der Waals surface area contributed by atoms with Crippen LogP contribution in [0.5, 0.6) is 5.75 Å². The molecule has 0 spiro atoms. The van der Waals surface area contributed by atoms with Crippen molar-refractivity contribution in [3.8, 4) is 23.2 Å². The molecule has 136 valence electrons. The van der Waals surface area contributed by atoms with Gasteiger partial charge in [0.05, 0.1) is 11.1 Å². The Bertz CT molecular complexity index is 1060. The maximum absolute atomic E-state index is 10.3. The van der Waals surface area contributed by atoms with Crippen LogP contribution in [0.3, 0.4) is 0 Å². The Hall–Kier alpha value is -3.04. The average molecular weight is 359 g/mol. The number of piperidine rings is 1. The molecule has 6 heteroatoms. The predicted molar refractivity (Wildman–Crippen MR) is 103 cm³/mol. The minimum Gasteiger partial charge on any atom is -0.506 e. The minimum absolute atomic E-state index is 0.0594. The van der Waals surface area contributed by atoms with E-state index in [2.05, 4.69) is 39.3 Å². The normalized spacial score (nSPS) is 17.7. The molecule has 2 aromatic heterocycles. The first-order valence-electron chi connectivity index (χ1n) is 9.12. The van der Waals surface area contributed by atoms with Crippen molar-refractivity contribution < 1.29 is 5.11 Å². The van der Waals surface area contributed by atoms with Crippen molar-refractivity contribution in [1.82, 2.24) is 20.1 Å². The summed E-state index contributed by atoms with van der Waals surface area (Å²) in [6, 6.07) is 9.64. The van der Waals surface area contributed by atoms with Crippen LogP contribution in [0.15, 0.2) is 30.5 Å². The van der Waals surface area contributed by atoms with E-state index in [0.29, 0.717) is 22.9 Å². The number of likely N-dealkylation sites (tertiary alicyclic amines) is 1. The number of aryl methyl sites for hydroxylation is 1. The van der Waals surface area contributed by atoms with Crippen LogP contribution in [0.25, 0.3) is 22.3 Å². The van der Waals surface area contributed by atoms with Crippen molar-refractivity contribution in [3.63, 3.8) is 0 Å². The number of nitriles is 1. The van der Waals surface area contributed by atoms with Crippen LogP contribution in [0.2, 0.25) is 0 Å². The van der Waals surface area contributed by atoms with E-state index in [1.807, 2.05) is 19.1 Å². The Labute approximate surface area is 158 Å². The Morgan fingerprint density at radius 3 is 2.85 bits per heavy atom. The van der Waals surface area contributed by atoms with Gasteiger partial charge in [-0.3, -0.25) is 0 Å². The van der Waals surface area contributed by atoms with Crippen LogP contribution in [0, 0.1) is 18.3 Å². The van der Waals surface area contributed by atoms with Gasteiger partial charge in [0, 0.05) is 24.2 Å². The van der Waals surface area contributed by atoms with E-state index < -0.39 is 0 Å². The molecule has 3 heterocycles. The number of hydrogen-bond acceptors (Lipinski definition) is 6. The summed E-state index contributed by atoms with van der Waals surface area (Å²) >= 11 is 0. The third-order valence-corrected chi connectivity index (χ3v) is 5.36. The Morgan fingerprint density at radius 2 is 2.11 bits per heavy atom. The molecule has 3 aromatic rings. The Kier molecular flexibility index (Phi) is 4.46. The monoisotopic (exact) mass is 359 g/mol. The lowest BCUT2D eigenvalue weighted by Crippen LogP contribution is -2.31. The van der Waals surface area contributed by atoms with Crippen molar-refractivity contribution in [3.05, 3.63) is 47.2 Å². The van der Waals surface area contributed by atoms with Gasteiger partial charge in [0.1, 0.15) is 23.2 Å². The average Bonchev–Trinajstić information content (AvgIpc) is 2.68. The molecule has 1 atom stereocenters. The summed E-state index contributed by atoms with van der Waals surface area (Å²) in [4.78, 5) is 6.59. The SMILES string of the molecule is Cc1c(-c2ncc(C#N)cc2O)nnc2c(C3CCCN(C)C3)cccc12. The lowest BCUT2D eigenvalue weighted by molar-refractivity contribution is 0.251. The second-order valence-electron chi connectivity index (χ2n) is 7.22. The molecule has 1 aromatic carbocycles. The zero-order valence-corrected chi connectivity index (χ0v) is 15.5. The summed E-state index contributed by atoms with van der Waals surface area (Å²) < 4.78 is 0. The first kappa shape index (κ1) is 17.4. The highest BCUT2D eigenvalue weighted by atomic mass is 16.3. The summed E-state index contributed by atoms with van der Waals surface area (Å²) in [5.41, 5.74) is 4.29. The summed E-state index contributed by atoms with van der Waals surface area (Å²) in [5.74, 6) is 0.393. The number of hydrogen-bond donors (Lipinski definition) is 1. The van der Waals surface area contributed by atoms with Crippen LogP contribution in [0.4, 0.5) is 0 Å². The number of nitrogens with zero attached hydrogens (tertiary/aromatic N) is 5. The van der Waals surface area contributed by atoms with Crippen molar-refractivity contribution in [2.45, 2.75) is 25.7 Å². The fourth-order valence-corrected chi connectivity index (χ4v) is 3.95. The number of aromatic hydroxyl groups is 1. The smallest absolute Gasteiger partial charge is 0.144 e. The highest BCUT2D eigenvalue weighted by molar-refractivity contribution is 5.89. The Morgan fingerprint density at radius 1 is 1.26 bits per heavy atom. The van der Waals surface area contributed by atoms with E-state index >= 15 is 0 Å². The number of rotatable bonds is 2. The second-order valence-corrected chi connectivity index (χ2v) is 7.22. The lowest BCUT2D eigenvalue weighted by atomic mass is 9.88. The largest absolute Gasteiger partial charge is 0.506 e. The summed E-state index contributed by atoms with van der Waals surface area (Å²) in [6.07, 6.45) is 3.78. The van der Waals surface area contributed by atoms with Crippen LogP contribution in [-0.2, 0) is 0 Å². The molecule has 1 fully saturated rings. The van der Waals surface area contributed by atoms with Gasteiger partial charge in [0.25, 0.3) is 0 Å². The van der Waals surface area contributed by atoms with E-state index in [-0.39, 0.29) is 5.75 Å². The maximum Gasteiger partial charge on any atom is 0.144 e. The zero-order valence-electron chi connectivity index (χ0n) is 15.5. The van der Waals surface area contributed by atoms with Gasteiger partial charge in [-0.15, -0.1) is 10.2 Å². The Balaban J connectivity index is 1.83. The molecule has 1 N–H and O–H groups in total. The van der Waals surface area contributed by atoms with E-state index in [0.717, 1.165) is 36.0 Å². The van der Waals surface area contributed by atoms with Crippen LogP contribution in [0.1, 0.15) is 35.4 Å². The predicted octanol–water partition coefficient (Wildman–Crippen LogP) is 3.39. The molecular weight excluding hydrogens is 338 g/mol. The number of pyridine rings is 1. The fraction of sp³-hybridized carbons (Fsp3) is 0.333. The van der Waals surface area contributed by atoms with Crippen molar-refractivity contribution in [1.29, 1.82) is 5.26 Å². The van der Waals surface area contributed by atoms with Gasteiger partial charge >= 0.3 is 0 Å². The third kappa shape index (κ3) is 3.11. The molecule has 1 saturated heterocycles. The van der Waals surface area contributed by atoms with Crippen LogP contribution >= 0.6 is 0 Å². The van der Waals surface area contributed by atoms with E-state index in [9.17, 15) is 5.11 Å². The summed E-state index contributed by atoms with van der Waals surface area (Å²) in [5, 5.41) is 29.2. The van der Waals surface area contributed by atoms with Gasteiger partial charge < -0.3 is 10.0 Å². The number of aromatic nitrogens is 3. The third-order valence-electron chi connectivity index (χ3n) is 5.36. The van der Waals surface area contributed by atoms with E-state index in [1.165, 1.54) is 24.2 Å². The van der Waals surface area contributed by atoms with Gasteiger partial charge in [0.15, 0.2) is 0 Å². The quantitative estimate of drug-likeness (QED) is 0.755. The van der Waals surface area contributed by atoms with E-state index in [4.69, 9.17) is 5.26 Å². The molecule has 27 heavy (non-hydrogen) atoms. The number of benzene rings is 1. The maximum atomic E-state index is 10.3. The minimum atomic E-state index is -0.0594. The standard InChI is InChI=1S/C21H21N5O/c1-13-16-6-3-7-17(15-5-4-8-26(2)12-15)20(16)25-24-19(13)21-18(27)9-14(10-22)11-23-21/h3,6-7,9,11,15,27H,4-5,8,12H2,1-2H3. The lowest BCUT2D eigenvalue weighted by Gasteiger charge is -2.30. The first-order chi connectivity index (χ1) is 13.1. The van der Waals surface area contributed by atoms with Gasteiger partial charge in [-0.1, -0.05) is 18.2 Å². The highest BCUT2D eigenvalue weighted by Gasteiger charge is 2.23. The molecule has 0 aliphatic carbocycles. The molecule has 0 amide bonds. The molecule has 6 nitrogen and oxygen atoms in total. The number of fused-ring (bicyclic) bond motifs is 1. The van der Waals surface area contributed by atoms with Gasteiger partial charge in [-0.25, -0.2) is 4.98 Å². The van der Waals surface area contributed by atoms with Crippen molar-refractivity contribution in [2.24, 2.45) is 0 Å². The molecule has 0 saturated carbocycles. The highest BCUT2D eigenvalue weighted by Crippen LogP contribution is 2.35.